The summed E-state index contributed by atoms with van der Waals surface area (Å²) in [5.74, 6) is 0.900. The molecule has 2 saturated heterocycles. The molecule has 1 aromatic rings. The molecule has 2 amide bonds. The van der Waals surface area contributed by atoms with E-state index in [1.807, 2.05) is 11.0 Å². The summed E-state index contributed by atoms with van der Waals surface area (Å²) in [6, 6.07) is 6.09. The lowest BCUT2D eigenvalue weighted by molar-refractivity contribution is -0.145. The molecule has 0 aromatic heterocycles. The highest BCUT2D eigenvalue weighted by Crippen LogP contribution is 2.42. The van der Waals surface area contributed by atoms with Gasteiger partial charge in [-0.25, -0.2) is 0 Å². The highest BCUT2D eigenvalue weighted by molar-refractivity contribution is 5.89. The van der Waals surface area contributed by atoms with Gasteiger partial charge in [-0.05, 0) is 56.4 Å². The van der Waals surface area contributed by atoms with Crippen LogP contribution in [0.25, 0.3) is 0 Å². The molecule has 3 heterocycles. The van der Waals surface area contributed by atoms with Gasteiger partial charge in [0.1, 0.15) is 5.75 Å². The highest BCUT2D eigenvalue weighted by atomic mass is 16.5. The van der Waals surface area contributed by atoms with Crippen molar-refractivity contribution in [1.82, 2.24) is 15.1 Å². The Kier molecular flexibility index (Phi) is 6.02. The summed E-state index contributed by atoms with van der Waals surface area (Å²) in [6.07, 6.45) is 2.69. The van der Waals surface area contributed by atoms with E-state index in [1.54, 1.807) is 7.11 Å². The number of carbonyl (C=O) groups is 2. The number of hydrogen-bond donors (Lipinski definition) is 1. The molecule has 1 aromatic carbocycles. The van der Waals surface area contributed by atoms with Crippen LogP contribution in [0.15, 0.2) is 18.2 Å². The molecule has 0 saturated carbocycles. The second kappa shape index (κ2) is 8.55. The fraction of sp³-hybridized carbons (Fsp3) is 0.652. The van der Waals surface area contributed by atoms with Gasteiger partial charge in [0.05, 0.1) is 31.8 Å². The van der Waals surface area contributed by atoms with Crippen LogP contribution in [0.2, 0.25) is 0 Å². The largest absolute Gasteiger partial charge is 0.497 e. The van der Waals surface area contributed by atoms with Gasteiger partial charge in [0, 0.05) is 32.2 Å². The third-order valence-corrected chi connectivity index (χ3v) is 6.88. The molecule has 7 heteroatoms. The van der Waals surface area contributed by atoms with Crippen LogP contribution in [0.5, 0.6) is 5.75 Å². The summed E-state index contributed by atoms with van der Waals surface area (Å²) >= 11 is 0. The number of hydrogen-bond acceptors (Lipinski definition) is 5. The number of rotatable bonds is 4. The van der Waals surface area contributed by atoms with Crippen LogP contribution < -0.4 is 10.1 Å². The molecule has 1 unspecified atom stereocenters. The van der Waals surface area contributed by atoms with Crippen molar-refractivity contribution in [3.63, 3.8) is 0 Å². The van der Waals surface area contributed by atoms with Crippen molar-refractivity contribution in [1.29, 1.82) is 0 Å². The van der Waals surface area contributed by atoms with Crippen molar-refractivity contribution in [2.75, 3.05) is 39.9 Å². The number of methoxy groups -OCH3 is 1. The minimum absolute atomic E-state index is 0.0322. The average Bonchev–Trinajstić information content (AvgIpc) is 2.75. The third-order valence-electron chi connectivity index (χ3n) is 6.88. The Labute approximate surface area is 178 Å². The van der Waals surface area contributed by atoms with Gasteiger partial charge in [-0.3, -0.25) is 14.5 Å². The van der Waals surface area contributed by atoms with Gasteiger partial charge in [0.2, 0.25) is 11.8 Å². The van der Waals surface area contributed by atoms with E-state index in [9.17, 15) is 9.59 Å². The van der Waals surface area contributed by atoms with Crippen LogP contribution in [0.1, 0.15) is 44.2 Å². The molecule has 1 spiro atoms. The van der Waals surface area contributed by atoms with Gasteiger partial charge < -0.3 is 19.7 Å². The summed E-state index contributed by atoms with van der Waals surface area (Å²) in [5, 5.41) is 2.91. The maximum absolute atomic E-state index is 13.0. The molecule has 2 fully saturated rings. The molecule has 3 aliphatic heterocycles. The number of benzene rings is 1. The molecule has 30 heavy (non-hydrogen) atoms. The first kappa shape index (κ1) is 21.1. The monoisotopic (exact) mass is 415 g/mol. The molecule has 0 aliphatic carbocycles. The highest BCUT2D eigenvalue weighted by Gasteiger charge is 2.42. The minimum atomic E-state index is -0.374. The van der Waals surface area contributed by atoms with E-state index in [1.165, 1.54) is 11.1 Å². The summed E-state index contributed by atoms with van der Waals surface area (Å²) in [7, 11) is 1.69. The first-order valence-corrected chi connectivity index (χ1v) is 11.1. The zero-order valence-electron chi connectivity index (χ0n) is 18.3. The van der Waals surface area contributed by atoms with Gasteiger partial charge in [-0.15, -0.1) is 0 Å². The quantitative estimate of drug-likeness (QED) is 0.810. The first-order chi connectivity index (χ1) is 14.4. The molecule has 1 N–H and O–H groups in total. The third kappa shape index (κ3) is 3.93. The lowest BCUT2D eigenvalue weighted by atomic mass is 9.79. The molecular weight excluding hydrogens is 382 g/mol. The van der Waals surface area contributed by atoms with E-state index >= 15 is 0 Å². The number of carbonyl (C=O) groups excluding carboxylic acids is 2. The molecule has 1 atom stereocenters. The van der Waals surface area contributed by atoms with E-state index in [0.29, 0.717) is 26.2 Å². The molecule has 0 bridgehead atoms. The Morgan fingerprint density at radius 3 is 2.77 bits per heavy atom. The maximum atomic E-state index is 13.0. The number of likely N-dealkylation sites (tertiary alicyclic amines) is 1. The minimum Gasteiger partial charge on any atom is -0.497 e. The molecule has 4 rings (SSSR count). The number of piperazine rings is 1. The predicted molar refractivity (Wildman–Crippen MR) is 113 cm³/mol. The van der Waals surface area contributed by atoms with E-state index in [4.69, 9.17) is 9.47 Å². The van der Waals surface area contributed by atoms with E-state index in [2.05, 4.69) is 36.2 Å². The lowest BCUT2D eigenvalue weighted by Gasteiger charge is -2.45. The van der Waals surface area contributed by atoms with Gasteiger partial charge in [0.15, 0.2) is 0 Å². The van der Waals surface area contributed by atoms with Crippen LogP contribution in [0, 0.1) is 0 Å². The Morgan fingerprint density at radius 1 is 1.30 bits per heavy atom. The molecule has 3 aliphatic rings. The van der Waals surface area contributed by atoms with Gasteiger partial charge in [-0.2, -0.15) is 0 Å². The Morgan fingerprint density at radius 2 is 2.07 bits per heavy atom. The maximum Gasteiger partial charge on any atom is 0.237 e. The zero-order chi connectivity index (χ0) is 21.3. The van der Waals surface area contributed by atoms with E-state index < -0.39 is 0 Å². The molecule has 164 valence electrons. The second-order valence-corrected chi connectivity index (χ2v) is 8.84. The number of nitrogens with one attached hydrogen (secondary N) is 1. The topological polar surface area (TPSA) is 71.1 Å². The fourth-order valence-corrected chi connectivity index (χ4v) is 5.17. The van der Waals surface area contributed by atoms with Crippen molar-refractivity contribution in [3.05, 3.63) is 29.3 Å². The standard InChI is InChI=1S/C23H33N3O4/c1-16(2)26-12-9-24-22(28)20(26)15-21(27)25-10-7-23(8-11-25)19-5-4-18(29-3)14-17(19)6-13-30-23/h4-5,14,16,20H,6-13,15H2,1-3H3,(H,24,28). The van der Waals surface area contributed by atoms with Gasteiger partial charge in [0.25, 0.3) is 0 Å². The Balaban J connectivity index is 1.43. The Hall–Kier alpha value is -2.12. The van der Waals surface area contributed by atoms with Crippen molar-refractivity contribution in [2.24, 2.45) is 0 Å². The summed E-state index contributed by atoms with van der Waals surface area (Å²) in [6.45, 7) is 7.59. The molecular formula is C23H33N3O4. The van der Waals surface area contributed by atoms with Crippen molar-refractivity contribution in [2.45, 2.75) is 57.2 Å². The second-order valence-electron chi connectivity index (χ2n) is 8.84. The summed E-state index contributed by atoms with van der Waals surface area (Å²) < 4.78 is 11.7. The first-order valence-electron chi connectivity index (χ1n) is 11.1. The fourth-order valence-electron chi connectivity index (χ4n) is 5.17. The zero-order valence-corrected chi connectivity index (χ0v) is 18.3. The van der Waals surface area contributed by atoms with E-state index in [-0.39, 0.29) is 35.9 Å². The average molecular weight is 416 g/mol. The SMILES string of the molecule is COc1ccc2c(c1)CCOC21CCN(C(=O)CC2C(=O)NCCN2C(C)C)CC1. The summed E-state index contributed by atoms with van der Waals surface area (Å²) in [5.41, 5.74) is 2.20. The number of piperidine rings is 1. The predicted octanol–water partition coefficient (Wildman–Crippen LogP) is 1.68. The van der Waals surface area contributed by atoms with Crippen LogP contribution >= 0.6 is 0 Å². The van der Waals surface area contributed by atoms with Crippen LogP contribution in [0.3, 0.4) is 0 Å². The van der Waals surface area contributed by atoms with Gasteiger partial charge >= 0.3 is 0 Å². The summed E-state index contributed by atoms with van der Waals surface area (Å²) in [4.78, 5) is 29.5. The van der Waals surface area contributed by atoms with Crippen LogP contribution in [0.4, 0.5) is 0 Å². The normalized spacial score (nSPS) is 23.9. The smallest absolute Gasteiger partial charge is 0.237 e. The molecule has 7 nitrogen and oxygen atoms in total. The number of fused-ring (bicyclic) bond motifs is 2. The lowest BCUT2D eigenvalue weighted by Crippen LogP contribution is -2.59. The van der Waals surface area contributed by atoms with Crippen molar-refractivity contribution < 1.29 is 19.1 Å². The van der Waals surface area contributed by atoms with Crippen LogP contribution in [-0.2, 0) is 26.3 Å². The molecule has 0 radical (unpaired) electrons. The number of ether oxygens (including phenoxy) is 2. The van der Waals surface area contributed by atoms with Gasteiger partial charge in [-0.1, -0.05) is 6.07 Å². The van der Waals surface area contributed by atoms with Crippen molar-refractivity contribution >= 4 is 11.8 Å². The van der Waals surface area contributed by atoms with Crippen LogP contribution in [-0.4, -0.2) is 73.6 Å². The van der Waals surface area contributed by atoms with Crippen molar-refractivity contribution in [3.8, 4) is 5.75 Å². The number of amides is 2. The Bertz CT molecular complexity index is 802. The number of nitrogens with zero attached hydrogens (tertiary/aromatic N) is 2. The van der Waals surface area contributed by atoms with E-state index in [0.717, 1.165) is 31.6 Å².